The predicted molar refractivity (Wildman–Crippen MR) is 65.0 cm³/mol. The lowest BCUT2D eigenvalue weighted by molar-refractivity contribution is 0.101. The van der Waals surface area contributed by atoms with Gasteiger partial charge in [-0.3, -0.25) is 4.79 Å². The summed E-state index contributed by atoms with van der Waals surface area (Å²) in [5.41, 5.74) is 0.719. The van der Waals surface area contributed by atoms with Crippen LogP contribution in [-0.4, -0.2) is 16.0 Å². The fourth-order valence-corrected chi connectivity index (χ4v) is 2.14. The van der Waals surface area contributed by atoms with Crippen LogP contribution in [0.1, 0.15) is 29.1 Å². The Hall–Kier alpha value is -1.62. The standard InChI is InChI=1S/C12H12N2O2S/c1-8(15)10-4-3-5-11(6-10)17-7-12-14-13-9(2)16-12/h3-6H,7H2,1-2H3. The van der Waals surface area contributed by atoms with Crippen LogP contribution >= 0.6 is 11.8 Å². The van der Waals surface area contributed by atoms with Gasteiger partial charge in [-0.05, 0) is 19.1 Å². The molecule has 17 heavy (non-hydrogen) atoms. The van der Waals surface area contributed by atoms with Gasteiger partial charge in [0.05, 0.1) is 5.75 Å². The Balaban J connectivity index is 2.04. The first-order valence-electron chi connectivity index (χ1n) is 5.18. The molecule has 0 aliphatic rings. The molecule has 0 radical (unpaired) electrons. The van der Waals surface area contributed by atoms with Gasteiger partial charge in [0.1, 0.15) is 0 Å². The van der Waals surface area contributed by atoms with Crippen LogP contribution in [0.4, 0.5) is 0 Å². The minimum atomic E-state index is 0.0704. The van der Waals surface area contributed by atoms with E-state index < -0.39 is 0 Å². The molecule has 0 N–H and O–H groups in total. The third kappa shape index (κ3) is 3.17. The minimum absolute atomic E-state index is 0.0704. The van der Waals surface area contributed by atoms with Gasteiger partial charge in [-0.1, -0.05) is 12.1 Å². The van der Waals surface area contributed by atoms with Crippen molar-refractivity contribution in [2.24, 2.45) is 0 Å². The van der Waals surface area contributed by atoms with E-state index in [-0.39, 0.29) is 5.78 Å². The molecule has 0 spiro atoms. The first kappa shape index (κ1) is 11.9. The summed E-state index contributed by atoms with van der Waals surface area (Å²) in [5, 5.41) is 7.67. The predicted octanol–water partition coefficient (Wildman–Crippen LogP) is 2.87. The number of hydrogen-bond donors (Lipinski definition) is 0. The molecule has 0 atom stereocenters. The van der Waals surface area contributed by atoms with Crippen LogP contribution in [0, 0.1) is 6.92 Å². The van der Waals surface area contributed by atoms with E-state index >= 15 is 0 Å². The van der Waals surface area contributed by atoms with E-state index in [9.17, 15) is 4.79 Å². The zero-order valence-electron chi connectivity index (χ0n) is 9.64. The van der Waals surface area contributed by atoms with Crippen molar-refractivity contribution in [3.8, 4) is 0 Å². The van der Waals surface area contributed by atoms with Crippen LogP contribution < -0.4 is 0 Å². The number of aryl methyl sites for hydroxylation is 1. The fraction of sp³-hybridized carbons (Fsp3) is 0.250. The van der Waals surface area contributed by atoms with Crippen molar-refractivity contribution in [1.29, 1.82) is 0 Å². The third-order valence-corrected chi connectivity index (χ3v) is 3.15. The topological polar surface area (TPSA) is 56.0 Å². The van der Waals surface area contributed by atoms with Crippen molar-refractivity contribution in [2.75, 3.05) is 0 Å². The summed E-state index contributed by atoms with van der Waals surface area (Å²) in [5.74, 6) is 1.85. The van der Waals surface area contributed by atoms with E-state index in [1.807, 2.05) is 24.3 Å². The van der Waals surface area contributed by atoms with E-state index in [1.165, 1.54) is 0 Å². The molecule has 1 aromatic carbocycles. The zero-order chi connectivity index (χ0) is 12.3. The summed E-state index contributed by atoms with van der Waals surface area (Å²) < 4.78 is 5.27. The Bertz CT molecular complexity index is 537. The molecule has 0 amide bonds. The molecular formula is C12H12N2O2S. The molecule has 88 valence electrons. The summed E-state index contributed by atoms with van der Waals surface area (Å²) in [6.07, 6.45) is 0. The molecule has 5 heteroatoms. The van der Waals surface area contributed by atoms with Crippen LogP contribution in [0.15, 0.2) is 33.6 Å². The highest BCUT2D eigenvalue weighted by molar-refractivity contribution is 7.98. The molecule has 0 aliphatic carbocycles. The zero-order valence-corrected chi connectivity index (χ0v) is 10.5. The summed E-state index contributed by atoms with van der Waals surface area (Å²) in [6, 6.07) is 7.51. The molecular weight excluding hydrogens is 236 g/mol. The van der Waals surface area contributed by atoms with Crippen molar-refractivity contribution in [2.45, 2.75) is 24.5 Å². The van der Waals surface area contributed by atoms with Gasteiger partial charge >= 0.3 is 0 Å². The smallest absolute Gasteiger partial charge is 0.226 e. The van der Waals surface area contributed by atoms with Gasteiger partial charge in [-0.25, -0.2) is 0 Å². The molecule has 0 bridgehead atoms. The first-order valence-corrected chi connectivity index (χ1v) is 6.16. The van der Waals surface area contributed by atoms with E-state index in [0.29, 0.717) is 17.5 Å². The second kappa shape index (κ2) is 5.14. The van der Waals surface area contributed by atoms with Crippen LogP contribution in [0.3, 0.4) is 0 Å². The van der Waals surface area contributed by atoms with Crippen LogP contribution in [-0.2, 0) is 5.75 Å². The molecule has 0 unspecified atom stereocenters. The average molecular weight is 248 g/mol. The maximum Gasteiger partial charge on any atom is 0.226 e. The fourth-order valence-electron chi connectivity index (χ4n) is 1.35. The molecule has 1 heterocycles. The van der Waals surface area contributed by atoms with Crippen molar-refractivity contribution in [1.82, 2.24) is 10.2 Å². The Labute approximate surface area is 103 Å². The maximum absolute atomic E-state index is 11.2. The van der Waals surface area contributed by atoms with E-state index in [1.54, 1.807) is 25.6 Å². The number of rotatable bonds is 4. The number of carbonyl (C=O) groups is 1. The molecule has 1 aromatic heterocycles. The molecule has 0 fully saturated rings. The summed E-state index contributed by atoms with van der Waals surface area (Å²) in [7, 11) is 0. The van der Waals surface area contributed by atoms with Gasteiger partial charge in [0.2, 0.25) is 11.8 Å². The lowest BCUT2D eigenvalue weighted by atomic mass is 10.2. The van der Waals surface area contributed by atoms with Crippen LogP contribution in [0.2, 0.25) is 0 Å². The number of thioether (sulfide) groups is 1. The SMILES string of the molecule is CC(=O)c1cccc(SCc2nnc(C)o2)c1. The quantitative estimate of drug-likeness (QED) is 0.615. The van der Waals surface area contributed by atoms with E-state index in [0.717, 1.165) is 10.5 Å². The van der Waals surface area contributed by atoms with E-state index in [4.69, 9.17) is 4.42 Å². The summed E-state index contributed by atoms with van der Waals surface area (Å²) >= 11 is 1.57. The van der Waals surface area contributed by atoms with E-state index in [2.05, 4.69) is 10.2 Å². The summed E-state index contributed by atoms with van der Waals surface area (Å²) in [4.78, 5) is 12.2. The number of aromatic nitrogens is 2. The van der Waals surface area contributed by atoms with Crippen LogP contribution in [0.5, 0.6) is 0 Å². The van der Waals surface area contributed by atoms with Crippen molar-refractivity contribution >= 4 is 17.5 Å². The maximum atomic E-state index is 11.2. The number of benzene rings is 1. The van der Waals surface area contributed by atoms with Gasteiger partial charge in [0.15, 0.2) is 5.78 Å². The number of carbonyl (C=O) groups excluding carboxylic acids is 1. The molecule has 0 saturated carbocycles. The Morgan fingerprint density at radius 3 is 2.88 bits per heavy atom. The first-order chi connectivity index (χ1) is 8.15. The summed E-state index contributed by atoms with van der Waals surface area (Å²) in [6.45, 7) is 3.32. The van der Waals surface area contributed by atoms with Gasteiger partial charge in [-0.2, -0.15) is 0 Å². The largest absolute Gasteiger partial charge is 0.425 e. The van der Waals surface area contributed by atoms with Crippen molar-refractivity contribution in [3.63, 3.8) is 0 Å². The van der Waals surface area contributed by atoms with Gasteiger partial charge in [-0.15, -0.1) is 22.0 Å². The Morgan fingerprint density at radius 2 is 2.24 bits per heavy atom. The normalized spacial score (nSPS) is 10.5. The second-order valence-electron chi connectivity index (χ2n) is 3.59. The molecule has 2 rings (SSSR count). The Kier molecular flexibility index (Phi) is 3.58. The molecule has 4 nitrogen and oxygen atoms in total. The second-order valence-corrected chi connectivity index (χ2v) is 4.64. The van der Waals surface area contributed by atoms with Gasteiger partial charge in [0, 0.05) is 17.4 Å². The Morgan fingerprint density at radius 1 is 1.41 bits per heavy atom. The number of Topliss-reactive ketones (excluding diaryl/α,β-unsaturated/α-hetero) is 1. The average Bonchev–Trinajstić information content (AvgIpc) is 2.73. The monoisotopic (exact) mass is 248 g/mol. The van der Waals surface area contributed by atoms with Crippen LogP contribution in [0.25, 0.3) is 0 Å². The lowest BCUT2D eigenvalue weighted by Gasteiger charge is -2.00. The highest BCUT2D eigenvalue weighted by atomic mass is 32.2. The highest BCUT2D eigenvalue weighted by Gasteiger charge is 2.05. The van der Waals surface area contributed by atoms with Crippen molar-refractivity contribution < 1.29 is 9.21 Å². The third-order valence-electron chi connectivity index (χ3n) is 2.17. The number of nitrogens with zero attached hydrogens (tertiary/aromatic N) is 2. The number of ketones is 1. The van der Waals surface area contributed by atoms with Crippen molar-refractivity contribution in [3.05, 3.63) is 41.6 Å². The van der Waals surface area contributed by atoms with Gasteiger partial charge in [0.25, 0.3) is 0 Å². The number of hydrogen-bond acceptors (Lipinski definition) is 5. The molecule has 0 aliphatic heterocycles. The van der Waals surface area contributed by atoms with Gasteiger partial charge < -0.3 is 4.42 Å². The molecule has 2 aromatic rings. The minimum Gasteiger partial charge on any atom is -0.425 e. The highest BCUT2D eigenvalue weighted by Crippen LogP contribution is 2.23. The molecule has 0 saturated heterocycles. The lowest BCUT2D eigenvalue weighted by Crippen LogP contribution is -1.91.